The topological polar surface area (TPSA) is 107 Å². The number of carbonyl (C=O) groups excluding carboxylic acids is 2. The summed E-state index contributed by atoms with van der Waals surface area (Å²) in [7, 11) is 0. The number of imidazole rings is 1. The molecule has 2 atom stereocenters. The molecule has 2 N–H and O–H groups in total. The van der Waals surface area contributed by atoms with Crippen molar-refractivity contribution in [3.63, 3.8) is 0 Å². The van der Waals surface area contributed by atoms with Gasteiger partial charge in [-0.3, -0.25) is 9.59 Å². The van der Waals surface area contributed by atoms with Gasteiger partial charge in [-0.15, -0.1) is 0 Å². The molecule has 8 nitrogen and oxygen atoms in total. The van der Waals surface area contributed by atoms with Crippen molar-refractivity contribution in [3.8, 4) is 0 Å². The lowest BCUT2D eigenvalue weighted by molar-refractivity contribution is -0.154. The molecule has 2 aromatic carbocycles. The average Bonchev–Trinajstić information content (AvgIpc) is 3.46. The molecule has 2 heterocycles. The summed E-state index contributed by atoms with van der Waals surface area (Å²) >= 11 is 6.10. The van der Waals surface area contributed by atoms with Crippen LogP contribution in [0.25, 0.3) is 0 Å². The second-order valence-corrected chi connectivity index (χ2v) is 8.73. The number of halogens is 1. The van der Waals surface area contributed by atoms with E-state index in [4.69, 9.17) is 11.6 Å². The normalized spacial score (nSPS) is 16.4. The van der Waals surface area contributed by atoms with Gasteiger partial charge in [0, 0.05) is 42.8 Å². The summed E-state index contributed by atoms with van der Waals surface area (Å²) in [5.41, 5.74) is 2.22. The molecular formula is C25H25ClN4O4. The van der Waals surface area contributed by atoms with Gasteiger partial charge < -0.3 is 19.9 Å². The summed E-state index contributed by atoms with van der Waals surface area (Å²) in [6.07, 6.45) is 3.66. The molecule has 1 fully saturated rings. The molecule has 4 rings (SSSR count). The molecule has 0 bridgehead atoms. The zero-order chi connectivity index (χ0) is 24.1. The molecule has 0 radical (unpaired) electrons. The lowest BCUT2D eigenvalue weighted by Gasteiger charge is -2.34. The van der Waals surface area contributed by atoms with Crippen LogP contribution in [0.5, 0.6) is 0 Å². The van der Waals surface area contributed by atoms with Crippen LogP contribution in [-0.4, -0.2) is 54.7 Å². The van der Waals surface area contributed by atoms with E-state index in [1.54, 1.807) is 24.4 Å². The monoisotopic (exact) mass is 480 g/mol. The first-order valence-corrected chi connectivity index (χ1v) is 11.4. The third-order valence-corrected chi connectivity index (χ3v) is 6.20. The molecule has 0 spiro atoms. The van der Waals surface area contributed by atoms with E-state index in [1.165, 1.54) is 16.1 Å². The van der Waals surface area contributed by atoms with Crippen molar-refractivity contribution < 1.29 is 19.5 Å². The second-order valence-electron chi connectivity index (χ2n) is 8.29. The summed E-state index contributed by atoms with van der Waals surface area (Å²) in [4.78, 5) is 48.7. The number of rotatable bonds is 9. The molecule has 9 heteroatoms. The van der Waals surface area contributed by atoms with Gasteiger partial charge in [0.15, 0.2) is 0 Å². The SMILES string of the molecule is O=C(O)[C@H](Cc1cnc[nH]1)N(Cc1ccccc1)C(=O)[C@@H]1CCC(=O)N1Cc1cccc(Cl)c1. The smallest absolute Gasteiger partial charge is 0.326 e. The Bertz CT molecular complexity index is 1150. The summed E-state index contributed by atoms with van der Waals surface area (Å²) in [6.45, 7) is 0.341. The van der Waals surface area contributed by atoms with Gasteiger partial charge in [-0.2, -0.15) is 0 Å². The van der Waals surface area contributed by atoms with Crippen LogP contribution in [0.3, 0.4) is 0 Å². The Hall–Kier alpha value is -3.65. The van der Waals surface area contributed by atoms with Crippen LogP contribution in [0.1, 0.15) is 29.7 Å². The number of carbonyl (C=O) groups is 3. The number of aromatic amines is 1. The predicted octanol–water partition coefficient (Wildman–Crippen LogP) is 3.28. The lowest BCUT2D eigenvalue weighted by Crippen LogP contribution is -2.53. The largest absolute Gasteiger partial charge is 0.480 e. The molecule has 1 saturated heterocycles. The molecule has 1 aliphatic heterocycles. The molecule has 1 aromatic heterocycles. The van der Waals surface area contributed by atoms with Gasteiger partial charge >= 0.3 is 5.97 Å². The number of hydrogen-bond donors (Lipinski definition) is 2. The van der Waals surface area contributed by atoms with Crippen LogP contribution >= 0.6 is 11.6 Å². The van der Waals surface area contributed by atoms with Crippen LogP contribution in [0.2, 0.25) is 5.02 Å². The van der Waals surface area contributed by atoms with Crippen LogP contribution in [0, 0.1) is 0 Å². The third kappa shape index (κ3) is 5.46. The number of carboxylic acid groups (broad SMARTS) is 1. The number of benzene rings is 2. The fourth-order valence-corrected chi connectivity index (χ4v) is 4.48. The van der Waals surface area contributed by atoms with E-state index in [1.807, 2.05) is 36.4 Å². The highest BCUT2D eigenvalue weighted by atomic mass is 35.5. The van der Waals surface area contributed by atoms with E-state index in [0.29, 0.717) is 17.1 Å². The fourth-order valence-electron chi connectivity index (χ4n) is 4.27. The maximum absolute atomic E-state index is 13.9. The van der Waals surface area contributed by atoms with Crippen LogP contribution in [0.4, 0.5) is 0 Å². The predicted molar refractivity (Wildman–Crippen MR) is 126 cm³/mol. The number of aliphatic carboxylic acids is 1. The number of amides is 2. The minimum absolute atomic E-state index is 0.0723. The van der Waals surface area contributed by atoms with Crippen molar-refractivity contribution in [2.24, 2.45) is 0 Å². The maximum atomic E-state index is 13.9. The Morgan fingerprint density at radius 2 is 1.94 bits per heavy atom. The maximum Gasteiger partial charge on any atom is 0.326 e. The van der Waals surface area contributed by atoms with Gasteiger partial charge in [-0.05, 0) is 29.7 Å². The highest BCUT2D eigenvalue weighted by Crippen LogP contribution is 2.26. The van der Waals surface area contributed by atoms with Crippen molar-refractivity contribution in [2.75, 3.05) is 0 Å². The molecule has 3 aromatic rings. The number of H-pyrrole nitrogens is 1. The van der Waals surface area contributed by atoms with Gasteiger partial charge in [0.2, 0.25) is 11.8 Å². The Morgan fingerprint density at radius 3 is 2.62 bits per heavy atom. The summed E-state index contributed by atoms with van der Waals surface area (Å²) < 4.78 is 0. The number of likely N-dealkylation sites (tertiary alicyclic amines) is 1. The van der Waals surface area contributed by atoms with Crippen molar-refractivity contribution in [2.45, 2.75) is 44.4 Å². The van der Waals surface area contributed by atoms with Gasteiger partial charge in [-0.25, -0.2) is 9.78 Å². The van der Waals surface area contributed by atoms with Gasteiger partial charge in [0.25, 0.3) is 0 Å². The minimum Gasteiger partial charge on any atom is -0.480 e. The van der Waals surface area contributed by atoms with Crippen LogP contribution < -0.4 is 0 Å². The van der Waals surface area contributed by atoms with Crippen LogP contribution in [0.15, 0.2) is 67.1 Å². The Morgan fingerprint density at radius 1 is 1.18 bits per heavy atom. The molecule has 1 aliphatic rings. The molecule has 0 aliphatic carbocycles. The Kier molecular flexibility index (Phi) is 7.27. The molecule has 2 amide bonds. The fraction of sp³-hybridized carbons (Fsp3) is 0.280. The number of aromatic nitrogens is 2. The van der Waals surface area contributed by atoms with E-state index < -0.39 is 18.1 Å². The van der Waals surface area contributed by atoms with Gasteiger partial charge in [0.1, 0.15) is 12.1 Å². The number of hydrogen-bond acceptors (Lipinski definition) is 4. The molecule has 176 valence electrons. The summed E-state index contributed by atoms with van der Waals surface area (Å²) in [6, 6.07) is 14.5. The van der Waals surface area contributed by atoms with E-state index in [0.717, 1.165) is 11.1 Å². The Balaban J connectivity index is 1.64. The first-order valence-electron chi connectivity index (χ1n) is 11.0. The van der Waals surface area contributed by atoms with Crippen molar-refractivity contribution in [1.29, 1.82) is 0 Å². The van der Waals surface area contributed by atoms with E-state index >= 15 is 0 Å². The third-order valence-electron chi connectivity index (χ3n) is 5.96. The summed E-state index contributed by atoms with van der Waals surface area (Å²) in [5, 5.41) is 10.6. The zero-order valence-corrected chi connectivity index (χ0v) is 19.2. The van der Waals surface area contributed by atoms with Gasteiger partial charge in [0.05, 0.1) is 6.33 Å². The highest BCUT2D eigenvalue weighted by Gasteiger charge is 2.41. The first-order chi connectivity index (χ1) is 16.4. The quantitative estimate of drug-likeness (QED) is 0.489. The van der Waals surface area contributed by atoms with Crippen molar-refractivity contribution in [1.82, 2.24) is 19.8 Å². The number of nitrogens with zero attached hydrogens (tertiary/aromatic N) is 3. The standard InChI is InChI=1S/C25H25ClN4O4/c26-19-8-4-7-18(11-19)15-29-21(9-10-23(29)31)24(32)30(14-17-5-2-1-3-6-17)22(25(33)34)12-20-13-27-16-28-20/h1-8,11,13,16,21-22H,9-10,12,14-15H2,(H,27,28)(H,33,34)/t21-,22-/m0/s1. The summed E-state index contributed by atoms with van der Waals surface area (Å²) in [5.74, 6) is -1.65. The highest BCUT2D eigenvalue weighted by molar-refractivity contribution is 6.30. The second kappa shape index (κ2) is 10.5. The van der Waals surface area contributed by atoms with Crippen molar-refractivity contribution in [3.05, 3.63) is 89.0 Å². The van der Waals surface area contributed by atoms with E-state index in [9.17, 15) is 19.5 Å². The average molecular weight is 481 g/mol. The molecule has 34 heavy (non-hydrogen) atoms. The molecule has 0 unspecified atom stereocenters. The van der Waals surface area contributed by atoms with E-state index in [-0.39, 0.29) is 37.7 Å². The zero-order valence-electron chi connectivity index (χ0n) is 18.4. The molecule has 0 saturated carbocycles. The first kappa shape index (κ1) is 23.5. The minimum atomic E-state index is -1.13. The number of carboxylic acids is 1. The van der Waals surface area contributed by atoms with E-state index in [2.05, 4.69) is 9.97 Å². The van der Waals surface area contributed by atoms with Crippen molar-refractivity contribution >= 4 is 29.4 Å². The lowest BCUT2D eigenvalue weighted by atomic mass is 10.1. The number of nitrogens with one attached hydrogen (secondary N) is 1. The molecular weight excluding hydrogens is 456 g/mol. The Labute approximate surface area is 202 Å². The van der Waals surface area contributed by atoms with Crippen LogP contribution in [-0.2, 0) is 33.9 Å². The van der Waals surface area contributed by atoms with Gasteiger partial charge in [-0.1, -0.05) is 54.1 Å².